The molecule has 3 aromatic carbocycles. The third-order valence-electron chi connectivity index (χ3n) is 7.92. The first-order valence-electron chi connectivity index (χ1n) is 14.1. The fourth-order valence-corrected chi connectivity index (χ4v) is 5.86. The third kappa shape index (κ3) is 6.21. The van der Waals surface area contributed by atoms with E-state index in [1.807, 2.05) is 48.5 Å². The van der Waals surface area contributed by atoms with E-state index in [1.165, 1.54) is 13.2 Å². The van der Waals surface area contributed by atoms with Gasteiger partial charge in [0.2, 0.25) is 0 Å². The number of rotatable bonds is 10. The van der Waals surface area contributed by atoms with Crippen LogP contribution >= 0.6 is 0 Å². The smallest absolute Gasteiger partial charge is 0.315 e. The quantitative estimate of drug-likeness (QED) is 0.241. The monoisotopic (exact) mass is 585 g/mol. The Morgan fingerprint density at radius 2 is 1.56 bits per heavy atom. The zero-order valence-corrected chi connectivity index (χ0v) is 24.7. The zero-order chi connectivity index (χ0) is 30.5. The lowest BCUT2D eigenvalue weighted by molar-refractivity contribution is -0.147. The first-order valence-corrected chi connectivity index (χ1v) is 14.1. The molecule has 0 spiro atoms. The number of aromatic hydroxyl groups is 1. The normalized spacial score (nSPS) is 19.7. The van der Waals surface area contributed by atoms with Crippen LogP contribution in [0.4, 0.5) is 0 Å². The van der Waals surface area contributed by atoms with Crippen LogP contribution in [0.1, 0.15) is 42.7 Å². The number of aliphatic imine (C=N–C) groups is 1. The summed E-state index contributed by atoms with van der Waals surface area (Å²) < 4.78 is 27.6. The van der Waals surface area contributed by atoms with Crippen LogP contribution in [-0.2, 0) is 14.3 Å². The Morgan fingerprint density at radius 1 is 0.860 bits per heavy atom. The molecule has 9 nitrogen and oxygen atoms in total. The lowest BCUT2D eigenvalue weighted by Gasteiger charge is -2.36. The van der Waals surface area contributed by atoms with E-state index in [2.05, 4.69) is 0 Å². The molecule has 0 fully saturated rings. The van der Waals surface area contributed by atoms with E-state index in [0.717, 1.165) is 5.56 Å². The lowest BCUT2D eigenvalue weighted by Crippen LogP contribution is -2.38. The van der Waals surface area contributed by atoms with Crippen LogP contribution < -0.4 is 18.9 Å². The number of carbonyl (C=O) groups excluding carboxylic acids is 2. The lowest BCUT2D eigenvalue weighted by atomic mass is 9.69. The Hall–Kier alpha value is -4.79. The van der Waals surface area contributed by atoms with E-state index >= 15 is 0 Å². The van der Waals surface area contributed by atoms with E-state index in [4.69, 9.17) is 28.7 Å². The maximum absolute atomic E-state index is 14.0. The predicted octanol–water partition coefficient (Wildman–Crippen LogP) is 5.62. The van der Waals surface area contributed by atoms with Gasteiger partial charge >= 0.3 is 5.97 Å². The highest BCUT2D eigenvalue weighted by atomic mass is 16.6. The number of nitrogens with zero attached hydrogens (tertiary/aromatic N) is 1. The number of hydrogen-bond donors (Lipinski definition) is 1. The van der Waals surface area contributed by atoms with Gasteiger partial charge in [-0.15, -0.1) is 0 Å². The van der Waals surface area contributed by atoms with Crippen LogP contribution in [0.3, 0.4) is 0 Å². The van der Waals surface area contributed by atoms with Gasteiger partial charge in [-0.25, -0.2) is 0 Å². The Bertz CT molecular complexity index is 1560. The van der Waals surface area contributed by atoms with Gasteiger partial charge in [-0.05, 0) is 66.8 Å². The van der Waals surface area contributed by atoms with Gasteiger partial charge in [-0.3, -0.25) is 14.6 Å². The van der Waals surface area contributed by atoms with Gasteiger partial charge in [-0.2, -0.15) is 0 Å². The van der Waals surface area contributed by atoms with Crippen molar-refractivity contribution < 1.29 is 38.4 Å². The van der Waals surface area contributed by atoms with Gasteiger partial charge < -0.3 is 28.8 Å². The third-order valence-corrected chi connectivity index (χ3v) is 7.92. The minimum atomic E-state index is -0.841. The van der Waals surface area contributed by atoms with E-state index in [1.54, 1.807) is 33.3 Å². The van der Waals surface area contributed by atoms with Crippen molar-refractivity contribution >= 4 is 17.5 Å². The van der Waals surface area contributed by atoms with Gasteiger partial charge in [0.05, 0.1) is 21.3 Å². The molecule has 3 atom stereocenters. The molecule has 0 bridgehead atoms. The standard InChI is InChI=1S/C34H35NO8/c1-20-31(34(38)43-15-14-42-24-8-6-5-7-9-24)32(22-10-12-26(36)29(19-22)40-3)33-25(35-20)16-23(17-27(33)37)21-11-13-28(39-2)30(18-21)41-4/h5-13,18-19,23,31-32,36H,14-17H2,1-4H3/t23-,31?,32+/m0/s1. The second-order valence-corrected chi connectivity index (χ2v) is 10.5. The molecule has 1 unspecified atom stereocenters. The molecule has 0 saturated heterocycles. The Labute approximate surface area is 250 Å². The first-order chi connectivity index (χ1) is 20.8. The number of ether oxygens (including phenoxy) is 5. The molecule has 1 heterocycles. The van der Waals surface area contributed by atoms with Crippen molar-refractivity contribution in [1.82, 2.24) is 0 Å². The highest BCUT2D eigenvalue weighted by Crippen LogP contribution is 2.48. The van der Waals surface area contributed by atoms with Crippen molar-refractivity contribution in [2.24, 2.45) is 10.9 Å². The summed E-state index contributed by atoms with van der Waals surface area (Å²) in [5, 5.41) is 10.3. The minimum absolute atomic E-state index is 0.0321. The summed E-state index contributed by atoms with van der Waals surface area (Å²) >= 11 is 0. The maximum Gasteiger partial charge on any atom is 0.315 e. The minimum Gasteiger partial charge on any atom is -0.504 e. The Kier molecular flexibility index (Phi) is 8.99. The molecule has 3 aromatic rings. The van der Waals surface area contributed by atoms with E-state index in [-0.39, 0.29) is 42.8 Å². The molecular formula is C34H35NO8. The number of carbonyl (C=O) groups is 2. The number of phenolic OH excluding ortho intramolecular Hbond substituents is 1. The largest absolute Gasteiger partial charge is 0.504 e. The number of methoxy groups -OCH3 is 3. The average Bonchev–Trinajstić information content (AvgIpc) is 3.02. The second-order valence-electron chi connectivity index (χ2n) is 10.5. The maximum atomic E-state index is 14.0. The number of para-hydroxylation sites is 1. The highest BCUT2D eigenvalue weighted by Gasteiger charge is 2.45. The summed E-state index contributed by atoms with van der Waals surface area (Å²) in [7, 11) is 4.61. The summed E-state index contributed by atoms with van der Waals surface area (Å²) in [6, 6.07) is 19.8. The zero-order valence-electron chi connectivity index (χ0n) is 24.7. The van der Waals surface area contributed by atoms with Crippen molar-refractivity contribution in [2.45, 2.75) is 31.6 Å². The number of hydrogen-bond acceptors (Lipinski definition) is 9. The summed E-state index contributed by atoms with van der Waals surface area (Å²) in [6.07, 6.45) is 0.744. The molecule has 1 N–H and O–H groups in total. The molecule has 43 heavy (non-hydrogen) atoms. The predicted molar refractivity (Wildman–Crippen MR) is 160 cm³/mol. The number of benzene rings is 3. The van der Waals surface area contributed by atoms with Crippen LogP contribution in [0.15, 0.2) is 83.0 Å². The number of ketones is 1. The molecule has 0 saturated carbocycles. The molecule has 0 radical (unpaired) electrons. The molecule has 1 aliphatic heterocycles. The fraction of sp³-hybridized carbons (Fsp3) is 0.324. The summed E-state index contributed by atoms with van der Waals surface area (Å²) in [6.45, 7) is 1.99. The van der Waals surface area contributed by atoms with Crippen molar-refractivity contribution in [1.29, 1.82) is 0 Å². The van der Waals surface area contributed by atoms with Gasteiger partial charge in [0.15, 0.2) is 28.8 Å². The van der Waals surface area contributed by atoms with Gasteiger partial charge in [0.25, 0.3) is 0 Å². The molecule has 224 valence electrons. The number of allylic oxidation sites excluding steroid dienone is 2. The van der Waals surface area contributed by atoms with Crippen molar-refractivity contribution in [3.05, 3.63) is 89.1 Å². The van der Waals surface area contributed by atoms with E-state index < -0.39 is 17.8 Å². The summed E-state index contributed by atoms with van der Waals surface area (Å²) in [5.74, 6) is -0.159. The van der Waals surface area contributed by atoms with Crippen LogP contribution in [-0.4, -0.2) is 57.1 Å². The molecule has 1 aliphatic carbocycles. The number of esters is 1. The van der Waals surface area contributed by atoms with Crippen molar-refractivity contribution in [3.63, 3.8) is 0 Å². The van der Waals surface area contributed by atoms with E-state index in [9.17, 15) is 14.7 Å². The van der Waals surface area contributed by atoms with Gasteiger partial charge in [0, 0.05) is 29.3 Å². The summed E-state index contributed by atoms with van der Waals surface area (Å²) in [4.78, 5) is 32.4. The molecule has 0 amide bonds. The van der Waals surface area contributed by atoms with Crippen LogP contribution in [0.2, 0.25) is 0 Å². The van der Waals surface area contributed by atoms with Crippen molar-refractivity contribution in [3.8, 4) is 28.7 Å². The molecule has 9 heteroatoms. The second kappa shape index (κ2) is 13.0. The molecular weight excluding hydrogens is 550 g/mol. The van der Waals surface area contributed by atoms with Crippen molar-refractivity contribution in [2.75, 3.05) is 34.5 Å². The first kappa shape index (κ1) is 29.7. The van der Waals surface area contributed by atoms with Crippen LogP contribution in [0.25, 0.3) is 0 Å². The molecule has 5 rings (SSSR count). The number of phenols is 1. The fourth-order valence-electron chi connectivity index (χ4n) is 5.86. The van der Waals surface area contributed by atoms with Gasteiger partial charge in [0.1, 0.15) is 24.9 Å². The topological polar surface area (TPSA) is 113 Å². The highest BCUT2D eigenvalue weighted by molar-refractivity contribution is 6.09. The molecule has 0 aromatic heterocycles. The van der Waals surface area contributed by atoms with Crippen LogP contribution in [0.5, 0.6) is 28.7 Å². The Morgan fingerprint density at radius 3 is 2.28 bits per heavy atom. The Balaban J connectivity index is 1.46. The van der Waals surface area contributed by atoms with Crippen LogP contribution in [0, 0.1) is 5.92 Å². The number of Topliss-reactive ketones (excluding diaryl/α,β-unsaturated/α-hetero) is 1. The SMILES string of the molecule is COc1cc([C@H]2C3=C(C[C@H](c4ccc(OC)c(OC)c4)CC3=O)N=C(C)C2C(=O)OCCOc2ccccc2)ccc1O. The molecule has 2 aliphatic rings. The average molecular weight is 586 g/mol. The van der Waals surface area contributed by atoms with E-state index in [0.29, 0.717) is 46.2 Å². The summed E-state index contributed by atoms with van der Waals surface area (Å²) in [5.41, 5.74) is 3.26. The van der Waals surface area contributed by atoms with Gasteiger partial charge in [-0.1, -0.05) is 30.3 Å².